The Morgan fingerprint density at radius 3 is 2.50 bits per heavy atom. The molecular weight excluding hydrogens is 286 g/mol. The van der Waals surface area contributed by atoms with E-state index in [1.807, 2.05) is 42.7 Å². The van der Waals surface area contributed by atoms with E-state index in [1.54, 1.807) is 11.8 Å². The lowest BCUT2D eigenvalue weighted by molar-refractivity contribution is 0.474. The number of aryl methyl sites for hydroxylation is 1. The van der Waals surface area contributed by atoms with E-state index in [0.717, 1.165) is 28.2 Å². The highest BCUT2D eigenvalue weighted by atomic mass is 32.2. The quantitative estimate of drug-likeness (QED) is 0.656. The van der Waals surface area contributed by atoms with Crippen molar-refractivity contribution < 1.29 is 4.74 Å². The minimum atomic E-state index is 0.360. The maximum Gasteiger partial charge on any atom is 0.138 e. The van der Waals surface area contributed by atoms with Crippen molar-refractivity contribution in [1.82, 2.24) is 0 Å². The van der Waals surface area contributed by atoms with Gasteiger partial charge in [0, 0.05) is 4.90 Å². The highest BCUT2D eigenvalue weighted by Crippen LogP contribution is 2.33. The molecule has 0 amide bonds. The standard InChI is InChI=1S/C16H17NOS2/c1-3-11-7-4-5-8-12(11)18-13-9-6-10-14(20-2)15(13)16(17)19/h4-10H,3H2,1-2H3,(H2,17,19). The lowest BCUT2D eigenvalue weighted by atomic mass is 10.1. The van der Waals surface area contributed by atoms with Crippen LogP contribution in [0.2, 0.25) is 0 Å². The first kappa shape index (κ1) is 14.9. The maximum absolute atomic E-state index is 6.05. The third-order valence-corrected chi connectivity index (χ3v) is 4.01. The second-order valence-corrected chi connectivity index (χ2v) is 5.55. The molecule has 2 nitrogen and oxygen atoms in total. The molecule has 4 heteroatoms. The molecule has 0 spiro atoms. The Hall–Kier alpha value is -1.52. The molecule has 0 radical (unpaired) electrons. The fourth-order valence-corrected chi connectivity index (χ4v) is 2.93. The number of rotatable bonds is 5. The van der Waals surface area contributed by atoms with Gasteiger partial charge in [0.15, 0.2) is 0 Å². The summed E-state index contributed by atoms with van der Waals surface area (Å²) in [6, 6.07) is 13.9. The van der Waals surface area contributed by atoms with Gasteiger partial charge in [-0.25, -0.2) is 0 Å². The van der Waals surface area contributed by atoms with Crippen molar-refractivity contribution in [2.75, 3.05) is 6.26 Å². The summed E-state index contributed by atoms with van der Waals surface area (Å²) in [7, 11) is 0. The Morgan fingerprint density at radius 1 is 1.15 bits per heavy atom. The van der Waals surface area contributed by atoms with E-state index in [0.29, 0.717) is 10.7 Å². The minimum absolute atomic E-state index is 0.360. The van der Waals surface area contributed by atoms with E-state index in [4.69, 9.17) is 22.7 Å². The molecule has 0 unspecified atom stereocenters. The van der Waals surface area contributed by atoms with Crippen LogP contribution in [-0.4, -0.2) is 11.2 Å². The van der Waals surface area contributed by atoms with E-state index in [9.17, 15) is 0 Å². The average Bonchev–Trinajstić information content (AvgIpc) is 2.47. The van der Waals surface area contributed by atoms with E-state index >= 15 is 0 Å². The Balaban J connectivity index is 2.46. The number of hydrogen-bond acceptors (Lipinski definition) is 3. The molecule has 20 heavy (non-hydrogen) atoms. The molecule has 0 heterocycles. The molecule has 2 N–H and O–H groups in total. The van der Waals surface area contributed by atoms with Crippen LogP contribution in [0, 0.1) is 0 Å². The van der Waals surface area contributed by atoms with Gasteiger partial charge in [-0.15, -0.1) is 11.8 Å². The third kappa shape index (κ3) is 3.14. The van der Waals surface area contributed by atoms with E-state index < -0.39 is 0 Å². The Morgan fingerprint density at radius 2 is 1.85 bits per heavy atom. The number of benzene rings is 2. The zero-order valence-corrected chi connectivity index (χ0v) is 13.2. The molecule has 0 aromatic heterocycles. The Bertz CT molecular complexity index is 626. The molecular formula is C16H17NOS2. The molecule has 0 aliphatic rings. The van der Waals surface area contributed by atoms with Crippen molar-refractivity contribution >= 4 is 29.0 Å². The molecule has 2 aromatic carbocycles. The SMILES string of the molecule is CCc1ccccc1Oc1cccc(SC)c1C(N)=S. The highest BCUT2D eigenvalue weighted by molar-refractivity contribution is 7.98. The summed E-state index contributed by atoms with van der Waals surface area (Å²) in [6.45, 7) is 2.11. The summed E-state index contributed by atoms with van der Waals surface area (Å²) in [5.41, 5.74) is 7.82. The van der Waals surface area contributed by atoms with Gasteiger partial charge in [-0.1, -0.05) is 43.4 Å². The first-order chi connectivity index (χ1) is 9.67. The number of para-hydroxylation sites is 1. The molecule has 0 atom stereocenters. The lowest BCUT2D eigenvalue weighted by Crippen LogP contribution is -2.12. The van der Waals surface area contributed by atoms with Crippen molar-refractivity contribution in [3.05, 3.63) is 53.6 Å². The monoisotopic (exact) mass is 303 g/mol. The lowest BCUT2D eigenvalue weighted by Gasteiger charge is -2.15. The van der Waals surface area contributed by atoms with E-state index in [-0.39, 0.29) is 0 Å². The van der Waals surface area contributed by atoms with Crippen molar-refractivity contribution in [1.29, 1.82) is 0 Å². The number of hydrogen-bond donors (Lipinski definition) is 1. The maximum atomic E-state index is 6.05. The van der Waals surface area contributed by atoms with Crippen LogP contribution in [0.25, 0.3) is 0 Å². The van der Waals surface area contributed by atoms with Crippen LogP contribution >= 0.6 is 24.0 Å². The van der Waals surface area contributed by atoms with Crippen molar-refractivity contribution in [3.8, 4) is 11.5 Å². The second-order valence-electron chi connectivity index (χ2n) is 4.26. The summed E-state index contributed by atoms with van der Waals surface area (Å²) in [5, 5.41) is 0. The topological polar surface area (TPSA) is 35.2 Å². The zero-order valence-electron chi connectivity index (χ0n) is 11.6. The molecule has 0 saturated heterocycles. The zero-order chi connectivity index (χ0) is 14.5. The van der Waals surface area contributed by atoms with Crippen LogP contribution in [0.5, 0.6) is 11.5 Å². The Labute approximate surface area is 129 Å². The van der Waals surface area contributed by atoms with E-state index in [1.165, 1.54) is 0 Å². The first-order valence-electron chi connectivity index (χ1n) is 6.40. The molecule has 0 saturated carbocycles. The number of thioether (sulfide) groups is 1. The molecule has 2 rings (SSSR count). The van der Waals surface area contributed by atoms with Crippen LogP contribution in [0.3, 0.4) is 0 Å². The Kier molecular flexibility index (Phi) is 5.04. The number of nitrogens with two attached hydrogens (primary N) is 1. The van der Waals surface area contributed by atoms with Crippen LogP contribution in [0.4, 0.5) is 0 Å². The second kappa shape index (κ2) is 6.77. The van der Waals surface area contributed by atoms with Gasteiger partial charge in [-0.2, -0.15) is 0 Å². The summed E-state index contributed by atoms with van der Waals surface area (Å²) >= 11 is 6.78. The van der Waals surface area contributed by atoms with Gasteiger partial charge in [-0.05, 0) is 36.4 Å². The van der Waals surface area contributed by atoms with Crippen molar-refractivity contribution in [3.63, 3.8) is 0 Å². The largest absolute Gasteiger partial charge is 0.456 e. The predicted molar refractivity (Wildman–Crippen MR) is 90.0 cm³/mol. The van der Waals surface area contributed by atoms with Gasteiger partial charge in [0.05, 0.1) is 5.56 Å². The van der Waals surface area contributed by atoms with E-state index in [2.05, 4.69) is 13.0 Å². The van der Waals surface area contributed by atoms with Gasteiger partial charge < -0.3 is 10.5 Å². The highest BCUT2D eigenvalue weighted by Gasteiger charge is 2.13. The summed E-state index contributed by atoms with van der Waals surface area (Å²) in [6.07, 6.45) is 2.92. The first-order valence-corrected chi connectivity index (χ1v) is 8.03. The van der Waals surface area contributed by atoms with Gasteiger partial charge >= 0.3 is 0 Å². The molecule has 0 aliphatic carbocycles. The molecule has 2 aromatic rings. The minimum Gasteiger partial charge on any atom is -0.456 e. The van der Waals surface area contributed by atoms with Crippen LogP contribution < -0.4 is 10.5 Å². The van der Waals surface area contributed by atoms with Crippen LogP contribution in [0.1, 0.15) is 18.1 Å². The smallest absolute Gasteiger partial charge is 0.138 e. The van der Waals surface area contributed by atoms with Crippen molar-refractivity contribution in [2.24, 2.45) is 5.73 Å². The third-order valence-electron chi connectivity index (χ3n) is 3.03. The van der Waals surface area contributed by atoms with Gasteiger partial charge in [0.25, 0.3) is 0 Å². The molecule has 0 aliphatic heterocycles. The number of ether oxygens (including phenoxy) is 1. The van der Waals surface area contributed by atoms with Crippen LogP contribution in [0.15, 0.2) is 47.4 Å². The molecule has 0 fully saturated rings. The van der Waals surface area contributed by atoms with Crippen LogP contribution in [-0.2, 0) is 6.42 Å². The fourth-order valence-electron chi connectivity index (χ4n) is 2.02. The summed E-state index contributed by atoms with van der Waals surface area (Å²) in [4.78, 5) is 1.39. The summed E-state index contributed by atoms with van der Waals surface area (Å²) < 4.78 is 6.05. The average molecular weight is 303 g/mol. The summed E-state index contributed by atoms with van der Waals surface area (Å²) in [5.74, 6) is 1.57. The fraction of sp³-hybridized carbons (Fsp3) is 0.188. The normalized spacial score (nSPS) is 10.3. The molecule has 104 valence electrons. The van der Waals surface area contributed by atoms with Crippen molar-refractivity contribution in [2.45, 2.75) is 18.2 Å². The number of thiocarbonyl (C=S) groups is 1. The van der Waals surface area contributed by atoms with Gasteiger partial charge in [0.1, 0.15) is 16.5 Å². The molecule has 0 bridgehead atoms. The van der Waals surface area contributed by atoms with Gasteiger partial charge in [0.2, 0.25) is 0 Å². The van der Waals surface area contributed by atoms with Gasteiger partial charge in [-0.3, -0.25) is 0 Å². The predicted octanol–water partition coefficient (Wildman–Crippen LogP) is 4.40.